The first-order valence-electron chi connectivity index (χ1n) is 13.3. The lowest BCUT2D eigenvalue weighted by Gasteiger charge is -2.34. The number of nitrogens with two attached hydrogens (primary N) is 1. The van der Waals surface area contributed by atoms with Crippen LogP contribution in [-0.4, -0.2) is 52.2 Å². The molecule has 12 heteroatoms. The lowest BCUT2D eigenvalue weighted by atomic mass is 9.86. The summed E-state index contributed by atoms with van der Waals surface area (Å²) in [5.41, 5.74) is 5.42. The summed E-state index contributed by atoms with van der Waals surface area (Å²) in [6, 6.07) is 4.39. The molecule has 8 nitrogen and oxygen atoms in total. The van der Waals surface area contributed by atoms with Crippen molar-refractivity contribution in [1.82, 2.24) is 14.9 Å². The molecule has 3 heterocycles. The number of alkyl halides is 3. The number of likely N-dealkylation sites (tertiary alicyclic amines) is 1. The predicted octanol–water partition coefficient (Wildman–Crippen LogP) is 6.14. The van der Waals surface area contributed by atoms with Crippen molar-refractivity contribution in [1.29, 1.82) is 0 Å². The lowest BCUT2D eigenvalue weighted by Crippen LogP contribution is -2.42. The molecule has 1 amide bonds. The second-order valence-corrected chi connectivity index (χ2v) is 10.00. The molecule has 224 valence electrons. The van der Waals surface area contributed by atoms with Crippen molar-refractivity contribution in [2.45, 2.75) is 45.0 Å². The number of hydrogen-bond acceptors (Lipinski definition) is 7. The van der Waals surface area contributed by atoms with E-state index in [9.17, 15) is 27.5 Å². The van der Waals surface area contributed by atoms with Crippen molar-refractivity contribution in [3.05, 3.63) is 77.6 Å². The number of pyridine rings is 1. The number of piperidine rings is 1. The highest BCUT2D eigenvalue weighted by molar-refractivity contribution is 5.98. The number of oxazole rings is 1. The largest absolute Gasteiger partial charge is 0.494 e. The SMILES string of the molecule is C=C/C=C(\C(F)=C/C)C(O)C1CCN(C(=O)c2nc(-c3ccc(OC)c4nc(C(F)(F)F)ccc34)oc2[C@@H](C)N)CC1. The molecule has 3 N–H and O–H groups in total. The monoisotopic (exact) mass is 588 g/mol. The van der Waals surface area contributed by atoms with Gasteiger partial charge in [-0.3, -0.25) is 4.79 Å². The van der Waals surface area contributed by atoms with Gasteiger partial charge >= 0.3 is 6.18 Å². The summed E-state index contributed by atoms with van der Waals surface area (Å²) in [5, 5.41) is 11.1. The summed E-state index contributed by atoms with van der Waals surface area (Å²) < 4.78 is 65.5. The van der Waals surface area contributed by atoms with E-state index in [0.717, 1.165) is 6.07 Å². The van der Waals surface area contributed by atoms with Gasteiger partial charge in [0.25, 0.3) is 5.91 Å². The highest BCUT2D eigenvalue weighted by Gasteiger charge is 2.35. The number of benzene rings is 1. The zero-order valence-electron chi connectivity index (χ0n) is 23.4. The van der Waals surface area contributed by atoms with E-state index in [4.69, 9.17) is 14.9 Å². The molecular formula is C30H32F4N4O4. The molecule has 1 aliphatic heterocycles. The van der Waals surface area contributed by atoms with Gasteiger partial charge in [-0.1, -0.05) is 24.8 Å². The predicted molar refractivity (Wildman–Crippen MR) is 149 cm³/mol. The Morgan fingerprint density at radius 1 is 1.24 bits per heavy atom. The molecule has 1 aromatic carbocycles. The first-order chi connectivity index (χ1) is 19.9. The Kier molecular flexibility index (Phi) is 9.17. The van der Waals surface area contributed by atoms with E-state index in [2.05, 4.69) is 16.5 Å². The van der Waals surface area contributed by atoms with Gasteiger partial charge in [-0.2, -0.15) is 13.2 Å². The Balaban J connectivity index is 1.64. The third kappa shape index (κ3) is 6.09. The van der Waals surface area contributed by atoms with Crippen LogP contribution in [0.25, 0.3) is 22.4 Å². The number of carbonyl (C=O) groups is 1. The Morgan fingerprint density at radius 2 is 1.93 bits per heavy atom. The molecule has 1 fully saturated rings. The molecule has 0 bridgehead atoms. The van der Waals surface area contributed by atoms with Crippen LogP contribution in [0.1, 0.15) is 54.7 Å². The highest BCUT2D eigenvalue weighted by Crippen LogP contribution is 2.38. The number of aliphatic hydroxyl groups excluding tert-OH is 1. The molecule has 4 rings (SSSR count). The van der Waals surface area contributed by atoms with E-state index in [1.165, 1.54) is 44.4 Å². The minimum atomic E-state index is -4.66. The standard InChI is InChI=1S/C30H32F4N4O4/c1-5-7-20(21(31)6-2)26(39)17-12-14-38(15-13-17)29(40)25-27(16(3)35)42-28(37-25)19-8-10-22(41-4)24-18(19)9-11-23(36-24)30(32,33)34/h5-11,16-17,26,39H,1,12-15,35H2,2-4H3/b20-7+,21-6+/t16-,26?/m1/s1. The number of aliphatic hydroxyl groups is 1. The number of aromatic nitrogens is 2. The Bertz CT molecular complexity index is 1540. The van der Waals surface area contributed by atoms with E-state index < -0.39 is 35.8 Å². The number of rotatable bonds is 8. The third-order valence-corrected chi connectivity index (χ3v) is 7.25. The fourth-order valence-corrected chi connectivity index (χ4v) is 5.05. The molecule has 1 unspecified atom stereocenters. The minimum absolute atomic E-state index is 0.00815. The second-order valence-electron chi connectivity index (χ2n) is 10.00. The van der Waals surface area contributed by atoms with Gasteiger partial charge in [-0.25, -0.2) is 14.4 Å². The van der Waals surface area contributed by atoms with Gasteiger partial charge < -0.3 is 24.9 Å². The summed E-state index contributed by atoms with van der Waals surface area (Å²) in [7, 11) is 1.32. The fraction of sp³-hybridized carbons (Fsp3) is 0.367. The van der Waals surface area contributed by atoms with Crippen LogP contribution in [0.4, 0.5) is 17.6 Å². The molecule has 0 radical (unpaired) electrons. The summed E-state index contributed by atoms with van der Waals surface area (Å²) in [6.07, 6.45) is -0.787. The average Bonchev–Trinajstić information content (AvgIpc) is 3.43. The van der Waals surface area contributed by atoms with Crippen LogP contribution in [0.2, 0.25) is 0 Å². The van der Waals surface area contributed by atoms with Gasteiger partial charge in [0.15, 0.2) is 11.5 Å². The smallest absolute Gasteiger partial charge is 0.433 e. The van der Waals surface area contributed by atoms with Crippen molar-refractivity contribution >= 4 is 16.8 Å². The number of carbonyl (C=O) groups excluding carboxylic acids is 1. The normalized spacial score (nSPS) is 16.9. The van der Waals surface area contributed by atoms with Crippen LogP contribution in [0.15, 0.2) is 64.9 Å². The number of halogens is 4. The zero-order chi connectivity index (χ0) is 30.8. The van der Waals surface area contributed by atoms with Crippen molar-refractivity contribution in [3.63, 3.8) is 0 Å². The van der Waals surface area contributed by atoms with Gasteiger partial charge in [0.05, 0.1) is 19.3 Å². The van der Waals surface area contributed by atoms with E-state index >= 15 is 0 Å². The van der Waals surface area contributed by atoms with Gasteiger partial charge in [-0.05, 0) is 56.9 Å². The molecular weight excluding hydrogens is 556 g/mol. The molecule has 2 aromatic heterocycles. The quantitative estimate of drug-likeness (QED) is 0.240. The third-order valence-electron chi connectivity index (χ3n) is 7.25. The van der Waals surface area contributed by atoms with Gasteiger partial charge in [0.2, 0.25) is 5.89 Å². The fourth-order valence-electron chi connectivity index (χ4n) is 5.05. The molecule has 0 aliphatic carbocycles. The number of hydrogen-bond donors (Lipinski definition) is 2. The topological polar surface area (TPSA) is 115 Å². The van der Waals surface area contributed by atoms with Crippen LogP contribution >= 0.6 is 0 Å². The molecule has 1 saturated heterocycles. The van der Waals surface area contributed by atoms with Crippen LogP contribution in [0.5, 0.6) is 5.75 Å². The van der Waals surface area contributed by atoms with E-state index in [0.29, 0.717) is 18.4 Å². The molecule has 2 atom stereocenters. The van der Waals surface area contributed by atoms with Crippen molar-refractivity contribution in [3.8, 4) is 17.2 Å². The molecule has 1 aliphatic rings. The van der Waals surface area contributed by atoms with Crippen molar-refractivity contribution < 1.29 is 36.6 Å². The van der Waals surface area contributed by atoms with Gasteiger partial charge in [0, 0.05) is 29.6 Å². The van der Waals surface area contributed by atoms with Gasteiger partial charge in [0.1, 0.15) is 22.8 Å². The number of allylic oxidation sites excluding steroid dienone is 3. The van der Waals surface area contributed by atoms with Crippen LogP contribution in [0, 0.1) is 5.92 Å². The number of ether oxygens (including phenoxy) is 1. The summed E-state index contributed by atoms with van der Waals surface area (Å²) >= 11 is 0. The molecule has 42 heavy (non-hydrogen) atoms. The lowest BCUT2D eigenvalue weighted by molar-refractivity contribution is -0.140. The van der Waals surface area contributed by atoms with Crippen molar-refractivity contribution in [2.24, 2.45) is 11.7 Å². The number of fused-ring (bicyclic) bond motifs is 1. The maximum absolute atomic E-state index is 14.3. The first kappa shape index (κ1) is 30.9. The van der Waals surface area contributed by atoms with E-state index in [1.807, 2.05) is 0 Å². The van der Waals surface area contributed by atoms with Crippen LogP contribution in [0.3, 0.4) is 0 Å². The van der Waals surface area contributed by atoms with Crippen LogP contribution in [-0.2, 0) is 6.18 Å². The first-order valence-corrected chi connectivity index (χ1v) is 13.3. The maximum atomic E-state index is 14.3. The summed E-state index contributed by atoms with van der Waals surface area (Å²) in [5.74, 6) is -1.03. The summed E-state index contributed by atoms with van der Waals surface area (Å²) in [4.78, 5) is 23.3. The highest BCUT2D eigenvalue weighted by atomic mass is 19.4. The average molecular weight is 589 g/mol. The Labute approximate surface area is 240 Å². The Morgan fingerprint density at radius 3 is 2.50 bits per heavy atom. The molecule has 0 saturated carbocycles. The van der Waals surface area contributed by atoms with E-state index in [1.54, 1.807) is 17.9 Å². The number of amides is 1. The van der Waals surface area contributed by atoms with Gasteiger partial charge in [-0.15, -0.1) is 0 Å². The summed E-state index contributed by atoms with van der Waals surface area (Å²) in [6.45, 7) is 7.29. The number of methoxy groups -OCH3 is 1. The van der Waals surface area contributed by atoms with E-state index in [-0.39, 0.29) is 58.6 Å². The minimum Gasteiger partial charge on any atom is -0.494 e. The maximum Gasteiger partial charge on any atom is 0.433 e. The second kappa shape index (κ2) is 12.5. The van der Waals surface area contributed by atoms with Crippen LogP contribution < -0.4 is 10.5 Å². The van der Waals surface area contributed by atoms with Crippen molar-refractivity contribution in [2.75, 3.05) is 20.2 Å². The zero-order valence-corrected chi connectivity index (χ0v) is 23.4. The number of nitrogens with zero attached hydrogens (tertiary/aromatic N) is 3. The Hall–Kier alpha value is -4.03. The molecule has 0 spiro atoms. The molecule has 3 aromatic rings.